The van der Waals surface area contributed by atoms with E-state index in [1.165, 1.54) is 63.4 Å². The second kappa shape index (κ2) is 11.8. The van der Waals surface area contributed by atoms with Crippen molar-refractivity contribution in [1.29, 1.82) is 0 Å². The van der Waals surface area contributed by atoms with Gasteiger partial charge in [-0.25, -0.2) is 4.79 Å². The second-order valence-electron chi connectivity index (χ2n) is 7.21. The summed E-state index contributed by atoms with van der Waals surface area (Å²) in [6.45, 7) is 2.24. The standard InChI is InChI=1S/C21H34N2O2/c1-18-13-15-20(16-14-18)25-17-22-21(24)23-19-11-9-7-5-3-2-4-6-8-10-12-19/h13-16,19H,2-12,17H2,1H3,(H2,22,23,24). The largest absolute Gasteiger partial charge is 0.473 e. The van der Waals surface area contributed by atoms with Crippen LogP contribution in [0.5, 0.6) is 5.75 Å². The second-order valence-corrected chi connectivity index (χ2v) is 7.21. The molecular weight excluding hydrogens is 312 g/mol. The van der Waals surface area contributed by atoms with E-state index in [1.807, 2.05) is 31.2 Å². The Bertz CT molecular complexity index is 475. The lowest BCUT2D eigenvalue weighted by Crippen LogP contribution is -2.43. The number of amides is 2. The van der Waals surface area contributed by atoms with E-state index in [0.717, 1.165) is 18.6 Å². The Balaban J connectivity index is 1.67. The smallest absolute Gasteiger partial charge is 0.317 e. The molecule has 1 aromatic rings. The molecule has 1 aromatic carbocycles. The average Bonchev–Trinajstić information content (AvgIpc) is 2.59. The number of hydrogen-bond donors (Lipinski definition) is 2. The zero-order valence-electron chi connectivity index (χ0n) is 15.7. The van der Waals surface area contributed by atoms with Gasteiger partial charge in [-0.2, -0.15) is 0 Å². The number of benzene rings is 1. The van der Waals surface area contributed by atoms with Crippen molar-refractivity contribution in [3.63, 3.8) is 0 Å². The molecule has 140 valence electrons. The van der Waals surface area contributed by atoms with Crippen LogP contribution in [0, 0.1) is 6.92 Å². The van der Waals surface area contributed by atoms with Gasteiger partial charge < -0.3 is 15.4 Å². The van der Waals surface area contributed by atoms with E-state index in [1.54, 1.807) is 0 Å². The topological polar surface area (TPSA) is 50.4 Å². The number of hydrogen-bond acceptors (Lipinski definition) is 2. The van der Waals surface area contributed by atoms with Gasteiger partial charge in [0.05, 0.1) is 0 Å². The Morgan fingerprint density at radius 3 is 2.00 bits per heavy atom. The number of carbonyl (C=O) groups excluding carboxylic acids is 1. The summed E-state index contributed by atoms with van der Waals surface area (Å²) in [5.41, 5.74) is 1.19. The highest BCUT2D eigenvalue weighted by atomic mass is 16.5. The van der Waals surface area contributed by atoms with Gasteiger partial charge >= 0.3 is 6.03 Å². The first-order chi connectivity index (χ1) is 12.2. The molecule has 1 aliphatic rings. The highest BCUT2D eigenvalue weighted by Crippen LogP contribution is 2.17. The summed E-state index contributed by atoms with van der Waals surface area (Å²) >= 11 is 0. The number of aryl methyl sites for hydroxylation is 1. The van der Waals surface area contributed by atoms with Crippen LogP contribution in [0.3, 0.4) is 0 Å². The van der Waals surface area contributed by atoms with Gasteiger partial charge in [-0.15, -0.1) is 0 Å². The van der Waals surface area contributed by atoms with Crippen LogP contribution in [0.2, 0.25) is 0 Å². The lowest BCUT2D eigenvalue weighted by atomic mass is 9.98. The molecule has 1 fully saturated rings. The number of rotatable bonds is 4. The van der Waals surface area contributed by atoms with Crippen molar-refractivity contribution < 1.29 is 9.53 Å². The normalized spacial score (nSPS) is 17.8. The molecule has 4 heteroatoms. The van der Waals surface area contributed by atoms with E-state index in [0.29, 0.717) is 6.04 Å². The zero-order chi connectivity index (χ0) is 17.7. The molecule has 0 heterocycles. The predicted octanol–water partition coefficient (Wildman–Crippen LogP) is 5.30. The third-order valence-corrected chi connectivity index (χ3v) is 4.93. The van der Waals surface area contributed by atoms with Gasteiger partial charge in [0.15, 0.2) is 6.73 Å². The molecule has 25 heavy (non-hydrogen) atoms. The van der Waals surface area contributed by atoms with Crippen molar-refractivity contribution in [3.05, 3.63) is 29.8 Å². The minimum Gasteiger partial charge on any atom is -0.473 e. The maximum absolute atomic E-state index is 12.1. The van der Waals surface area contributed by atoms with Crippen molar-refractivity contribution in [2.45, 2.75) is 83.6 Å². The van der Waals surface area contributed by atoms with Gasteiger partial charge in [-0.1, -0.05) is 75.5 Å². The third kappa shape index (κ3) is 8.80. The first-order valence-corrected chi connectivity index (χ1v) is 9.98. The van der Waals surface area contributed by atoms with Crippen molar-refractivity contribution in [2.24, 2.45) is 0 Å². The minimum absolute atomic E-state index is 0.121. The molecule has 0 aromatic heterocycles. The van der Waals surface area contributed by atoms with E-state index in [9.17, 15) is 4.79 Å². The van der Waals surface area contributed by atoms with Crippen molar-refractivity contribution in [1.82, 2.24) is 10.6 Å². The van der Waals surface area contributed by atoms with Crippen LogP contribution in [0.25, 0.3) is 0 Å². The summed E-state index contributed by atoms with van der Waals surface area (Å²) < 4.78 is 5.56. The Hall–Kier alpha value is -1.71. The molecule has 0 unspecified atom stereocenters. The molecule has 0 radical (unpaired) electrons. The molecule has 0 atom stereocenters. The summed E-state index contributed by atoms with van der Waals surface area (Å²) in [6.07, 6.45) is 14.0. The van der Waals surface area contributed by atoms with Crippen molar-refractivity contribution in [2.75, 3.05) is 6.73 Å². The van der Waals surface area contributed by atoms with Gasteiger partial charge in [0, 0.05) is 6.04 Å². The summed E-state index contributed by atoms with van der Waals surface area (Å²) in [4.78, 5) is 12.1. The predicted molar refractivity (Wildman–Crippen MR) is 103 cm³/mol. The van der Waals surface area contributed by atoms with Crippen LogP contribution in [0.4, 0.5) is 4.79 Å². The van der Waals surface area contributed by atoms with Crippen LogP contribution in [-0.4, -0.2) is 18.8 Å². The van der Waals surface area contributed by atoms with Crippen molar-refractivity contribution in [3.8, 4) is 5.75 Å². The summed E-state index contributed by atoms with van der Waals surface area (Å²) in [6, 6.07) is 8.01. The Labute approximate surface area is 152 Å². The highest BCUT2D eigenvalue weighted by molar-refractivity contribution is 5.74. The molecular formula is C21H34N2O2. The fraction of sp³-hybridized carbons (Fsp3) is 0.667. The lowest BCUT2D eigenvalue weighted by molar-refractivity contribution is 0.218. The molecule has 2 rings (SSSR count). The fourth-order valence-corrected chi connectivity index (χ4v) is 3.36. The average molecular weight is 347 g/mol. The molecule has 1 aliphatic carbocycles. The van der Waals surface area contributed by atoms with Gasteiger partial charge in [-0.3, -0.25) is 0 Å². The van der Waals surface area contributed by atoms with Crippen LogP contribution in [0.1, 0.15) is 76.2 Å². The maximum Gasteiger partial charge on any atom is 0.317 e. The third-order valence-electron chi connectivity index (χ3n) is 4.93. The SMILES string of the molecule is Cc1ccc(OCNC(=O)NC2CCCCCCCCCCC2)cc1. The van der Waals surface area contributed by atoms with Gasteiger partial charge in [-0.05, 0) is 31.9 Å². The van der Waals surface area contributed by atoms with E-state index in [4.69, 9.17) is 4.74 Å². The summed E-state index contributed by atoms with van der Waals surface area (Å²) in [5.74, 6) is 0.775. The fourth-order valence-electron chi connectivity index (χ4n) is 3.36. The Kier molecular flexibility index (Phi) is 9.24. The molecule has 4 nitrogen and oxygen atoms in total. The first-order valence-electron chi connectivity index (χ1n) is 9.98. The summed E-state index contributed by atoms with van der Waals surface area (Å²) in [7, 11) is 0. The molecule has 0 aliphatic heterocycles. The van der Waals surface area contributed by atoms with Crippen LogP contribution in [0.15, 0.2) is 24.3 Å². The van der Waals surface area contributed by atoms with E-state index in [2.05, 4.69) is 10.6 Å². The summed E-state index contributed by atoms with van der Waals surface area (Å²) in [5, 5.41) is 5.94. The Morgan fingerprint density at radius 2 is 1.44 bits per heavy atom. The number of urea groups is 1. The van der Waals surface area contributed by atoms with Gasteiger partial charge in [0.1, 0.15) is 5.75 Å². The zero-order valence-corrected chi connectivity index (χ0v) is 15.7. The monoisotopic (exact) mass is 346 g/mol. The molecule has 0 saturated heterocycles. The molecule has 2 N–H and O–H groups in total. The van der Waals surface area contributed by atoms with Gasteiger partial charge in [0.2, 0.25) is 0 Å². The molecule has 1 saturated carbocycles. The molecule has 2 amide bonds. The lowest BCUT2D eigenvalue weighted by Gasteiger charge is -2.20. The number of carbonyl (C=O) groups is 1. The molecule has 0 spiro atoms. The van der Waals surface area contributed by atoms with E-state index < -0.39 is 0 Å². The van der Waals surface area contributed by atoms with Crippen molar-refractivity contribution >= 4 is 6.03 Å². The Morgan fingerprint density at radius 1 is 0.920 bits per heavy atom. The van der Waals surface area contributed by atoms with Gasteiger partial charge in [0.25, 0.3) is 0 Å². The molecule has 0 bridgehead atoms. The van der Waals surface area contributed by atoms with Crippen LogP contribution in [-0.2, 0) is 0 Å². The van der Waals surface area contributed by atoms with E-state index >= 15 is 0 Å². The maximum atomic E-state index is 12.1. The quantitative estimate of drug-likeness (QED) is 0.726. The van der Waals surface area contributed by atoms with E-state index in [-0.39, 0.29) is 12.8 Å². The van der Waals surface area contributed by atoms with Crippen LogP contribution >= 0.6 is 0 Å². The first kappa shape index (κ1) is 19.6. The number of ether oxygens (including phenoxy) is 1. The van der Waals surface area contributed by atoms with Crippen LogP contribution < -0.4 is 15.4 Å². The highest BCUT2D eigenvalue weighted by Gasteiger charge is 2.12. The number of nitrogens with one attached hydrogen (secondary N) is 2. The minimum atomic E-state index is -0.121.